The molecule has 8 aromatic rings. The van der Waals surface area contributed by atoms with Crippen molar-refractivity contribution in [1.82, 2.24) is 4.98 Å². The molecule has 0 aliphatic carbocycles. The third kappa shape index (κ3) is 3.16. The van der Waals surface area contributed by atoms with Crippen molar-refractivity contribution >= 4 is 54.0 Å². The highest BCUT2D eigenvalue weighted by Crippen LogP contribution is 2.46. The highest BCUT2D eigenvalue weighted by Gasteiger charge is 2.19. The standard InChI is InChI=1S/C37H23N/c1-3-11-26-21-28(19-17-24(26)9-1)35-30-13-5-6-14-31(30)36(29-20-18-25-10-2-4-12-27(25)22-29)37-32-15-7-8-16-34(32)38-23-33(35)37/h1-23H. The molecule has 0 aliphatic heterocycles. The number of pyridine rings is 1. The summed E-state index contributed by atoms with van der Waals surface area (Å²) in [5.74, 6) is 0. The number of nitrogens with zero attached hydrogens (tertiary/aromatic N) is 1. The van der Waals surface area contributed by atoms with Crippen molar-refractivity contribution in [2.75, 3.05) is 0 Å². The maximum Gasteiger partial charge on any atom is 0.0708 e. The van der Waals surface area contributed by atoms with Gasteiger partial charge in [-0.25, -0.2) is 0 Å². The van der Waals surface area contributed by atoms with E-state index in [9.17, 15) is 0 Å². The van der Waals surface area contributed by atoms with Crippen molar-refractivity contribution in [3.05, 3.63) is 140 Å². The normalized spacial score (nSPS) is 11.7. The number of benzene rings is 7. The predicted molar refractivity (Wildman–Crippen MR) is 163 cm³/mol. The highest BCUT2D eigenvalue weighted by molar-refractivity contribution is 6.27. The second kappa shape index (κ2) is 8.26. The van der Waals surface area contributed by atoms with Crippen molar-refractivity contribution in [1.29, 1.82) is 0 Å². The van der Waals surface area contributed by atoms with Gasteiger partial charge in [0, 0.05) is 22.4 Å². The van der Waals surface area contributed by atoms with Crippen LogP contribution in [0.15, 0.2) is 140 Å². The Morgan fingerprint density at radius 3 is 1.53 bits per heavy atom. The van der Waals surface area contributed by atoms with E-state index in [2.05, 4.69) is 140 Å². The summed E-state index contributed by atoms with van der Waals surface area (Å²) in [6.45, 7) is 0. The SMILES string of the molecule is c1ccc2cc(-c3c4ccccc4c(-c4ccc5ccccc5c4)c4c3cnc3ccccc34)ccc2c1. The summed E-state index contributed by atoms with van der Waals surface area (Å²) in [6.07, 6.45) is 2.08. The van der Waals surface area contributed by atoms with Gasteiger partial charge in [-0.05, 0) is 72.8 Å². The maximum absolute atomic E-state index is 4.95. The molecule has 0 spiro atoms. The summed E-state index contributed by atoms with van der Waals surface area (Å²) < 4.78 is 0. The van der Waals surface area contributed by atoms with E-state index in [4.69, 9.17) is 4.98 Å². The third-order valence-corrected chi connectivity index (χ3v) is 7.84. The Morgan fingerprint density at radius 2 is 0.868 bits per heavy atom. The van der Waals surface area contributed by atoms with Crippen molar-refractivity contribution in [2.24, 2.45) is 0 Å². The maximum atomic E-state index is 4.95. The first-order valence-electron chi connectivity index (χ1n) is 13.1. The van der Waals surface area contributed by atoms with Crippen LogP contribution in [-0.2, 0) is 0 Å². The van der Waals surface area contributed by atoms with Gasteiger partial charge in [-0.3, -0.25) is 4.98 Å². The van der Waals surface area contributed by atoms with Gasteiger partial charge in [-0.2, -0.15) is 0 Å². The molecule has 0 radical (unpaired) electrons. The molecule has 0 unspecified atom stereocenters. The summed E-state index contributed by atoms with van der Waals surface area (Å²) in [5, 5.41) is 11.1. The van der Waals surface area contributed by atoms with Crippen molar-refractivity contribution in [2.45, 2.75) is 0 Å². The van der Waals surface area contributed by atoms with Gasteiger partial charge in [0.2, 0.25) is 0 Å². The first kappa shape index (κ1) is 21.1. The first-order valence-corrected chi connectivity index (χ1v) is 13.1. The van der Waals surface area contributed by atoms with Crippen LogP contribution in [0.4, 0.5) is 0 Å². The van der Waals surface area contributed by atoms with E-state index in [0.717, 1.165) is 5.52 Å². The number of aromatic nitrogens is 1. The van der Waals surface area contributed by atoms with Crippen LogP contribution < -0.4 is 0 Å². The van der Waals surface area contributed by atoms with E-state index in [1.807, 2.05) is 0 Å². The van der Waals surface area contributed by atoms with Gasteiger partial charge in [-0.1, -0.05) is 115 Å². The summed E-state index contributed by atoms with van der Waals surface area (Å²) in [4.78, 5) is 4.95. The predicted octanol–water partition coefficient (Wildman–Crippen LogP) is 10.2. The number of hydrogen-bond acceptors (Lipinski definition) is 1. The van der Waals surface area contributed by atoms with Crippen LogP contribution in [0.2, 0.25) is 0 Å². The van der Waals surface area contributed by atoms with E-state index in [-0.39, 0.29) is 0 Å². The Morgan fingerprint density at radius 1 is 0.368 bits per heavy atom. The summed E-state index contributed by atoms with van der Waals surface area (Å²) in [7, 11) is 0. The Labute approximate surface area is 220 Å². The lowest BCUT2D eigenvalue weighted by Crippen LogP contribution is -1.93. The van der Waals surface area contributed by atoms with E-state index < -0.39 is 0 Å². The Hall–Kier alpha value is -5.01. The molecular formula is C37H23N. The van der Waals surface area contributed by atoms with Crippen LogP contribution in [0.5, 0.6) is 0 Å². The van der Waals surface area contributed by atoms with Crippen LogP contribution in [-0.4, -0.2) is 4.98 Å². The minimum Gasteiger partial charge on any atom is -0.256 e. The Balaban J connectivity index is 1.58. The van der Waals surface area contributed by atoms with Gasteiger partial charge in [-0.15, -0.1) is 0 Å². The number of rotatable bonds is 2. The van der Waals surface area contributed by atoms with E-state index in [1.54, 1.807) is 0 Å². The second-order valence-electron chi connectivity index (χ2n) is 9.98. The van der Waals surface area contributed by atoms with Crippen molar-refractivity contribution in [3.63, 3.8) is 0 Å². The minimum absolute atomic E-state index is 1.02. The first-order chi connectivity index (χ1) is 18.8. The Bertz CT molecular complexity index is 2190. The number of fused-ring (bicyclic) bond motifs is 6. The van der Waals surface area contributed by atoms with Crippen LogP contribution in [0.1, 0.15) is 0 Å². The van der Waals surface area contributed by atoms with Crippen molar-refractivity contribution < 1.29 is 0 Å². The molecule has 0 aliphatic rings. The monoisotopic (exact) mass is 481 g/mol. The van der Waals surface area contributed by atoms with Crippen LogP contribution >= 0.6 is 0 Å². The van der Waals surface area contributed by atoms with Gasteiger partial charge in [0.15, 0.2) is 0 Å². The molecule has 38 heavy (non-hydrogen) atoms. The minimum atomic E-state index is 1.02. The molecule has 0 atom stereocenters. The van der Waals surface area contributed by atoms with E-state index in [0.29, 0.717) is 0 Å². The third-order valence-electron chi connectivity index (χ3n) is 7.84. The molecule has 1 aromatic heterocycles. The second-order valence-corrected chi connectivity index (χ2v) is 9.98. The van der Waals surface area contributed by atoms with Crippen LogP contribution in [0.3, 0.4) is 0 Å². The van der Waals surface area contributed by atoms with Gasteiger partial charge >= 0.3 is 0 Å². The van der Waals surface area contributed by atoms with Gasteiger partial charge in [0.25, 0.3) is 0 Å². The quantitative estimate of drug-likeness (QED) is 0.177. The van der Waals surface area contributed by atoms with E-state index in [1.165, 1.54) is 70.7 Å². The molecule has 0 bridgehead atoms. The summed E-state index contributed by atoms with van der Waals surface area (Å²) >= 11 is 0. The van der Waals surface area contributed by atoms with Gasteiger partial charge < -0.3 is 0 Å². The fourth-order valence-corrected chi connectivity index (χ4v) is 6.10. The largest absolute Gasteiger partial charge is 0.256 e. The number of para-hydroxylation sites is 1. The zero-order valence-electron chi connectivity index (χ0n) is 20.7. The fraction of sp³-hybridized carbons (Fsp3) is 0. The zero-order valence-corrected chi connectivity index (χ0v) is 20.7. The molecule has 1 nitrogen and oxygen atoms in total. The number of hydrogen-bond donors (Lipinski definition) is 0. The summed E-state index contributed by atoms with van der Waals surface area (Å²) in [5.41, 5.74) is 5.97. The van der Waals surface area contributed by atoms with Crippen LogP contribution in [0, 0.1) is 0 Å². The average Bonchev–Trinajstić information content (AvgIpc) is 2.99. The fourth-order valence-electron chi connectivity index (χ4n) is 6.10. The molecule has 0 saturated heterocycles. The molecule has 0 N–H and O–H groups in total. The molecule has 7 aromatic carbocycles. The lowest BCUT2D eigenvalue weighted by Gasteiger charge is -2.19. The lowest BCUT2D eigenvalue weighted by atomic mass is 9.84. The van der Waals surface area contributed by atoms with Gasteiger partial charge in [0.1, 0.15) is 0 Å². The Kier molecular flexibility index (Phi) is 4.59. The average molecular weight is 482 g/mol. The van der Waals surface area contributed by atoms with Gasteiger partial charge in [0.05, 0.1) is 5.52 Å². The van der Waals surface area contributed by atoms with Crippen LogP contribution in [0.25, 0.3) is 76.2 Å². The molecule has 1 heterocycles. The molecule has 0 saturated carbocycles. The summed E-state index contributed by atoms with van der Waals surface area (Å²) in [6, 6.07) is 48.2. The molecule has 0 fully saturated rings. The highest BCUT2D eigenvalue weighted by atomic mass is 14.6. The topological polar surface area (TPSA) is 12.9 Å². The molecular weight excluding hydrogens is 458 g/mol. The molecule has 1 heteroatoms. The molecule has 8 rings (SSSR count). The van der Waals surface area contributed by atoms with E-state index >= 15 is 0 Å². The smallest absolute Gasteiger partial charge is 0.0708 e. The zero-order chi connectivity index (χ0) is 25.1. The molecule has 0 amide bonds. The van der Waals surface area contributed by atoms with Crippen molar-refractivity contribution in [3.8, 4) is 22.3 Å². The molecule has 176 valence electrons. The lowest BCUT2D eigenvalue weighted by molar-refractivity contribution is 1.45.